The molecule has 2 aliphatic rings. The highest BCUT2D eigenvalue weighted by Gasteiger charge is 2.39. The number of fused-ring (bicyclic) bond motifs is 4. The minimum absolute atomic E-state index is 0.0216. The molecule has 0 radical (unpaired) electrons. The first-order chi connectivity index (χ1) is 13.2. The fourth-order valence-electron chi connectivity index (χ4n) is 4.11. The van der Waals surface area contributed by atoms with E-state index < -0.39 is 0 Å². The summed E-state index contributed by atoms with van der Waals surface area (Å²) < 4.78 is 6.26. The molecule has 0 bridgehead atoms. The van der Waals surface area contributed by atoms with Crippen molar-refractivity contribution in [3.63, 3.8) is 0 Å². The molecule has 0 aliphatic carbocycles. The van der Waals surface area contributed by atoms with Crippen LogP contribution in [0.1, 0.15) is 43.4 Å². The van der Waals surface area contributed by atoms with Crippen molar-refractivity contribution in [2.75, 3.05) is 0 Å². The Labute approximate surface area is 164 Å². The predicted octanol–water partition coefficient (Wildman–Crippen LogP) is 6.16. The van der Waals surface area contributed by atoms with Crippen LogP contribution in [0.2, 0.25) is 5.02 Å². The molecule has 3 aromatic rings. The van der Waals surface area contributed by atoms with E-state index in [2.05, 4.69) is 54.4 Å². The zero-order valence-electron chi connectivity index (χ0n) is 15.2. The summed E-state index contributed by atoms with van der Waals surface area (Å²) in [6.45, 7) is 2.18. The Morgan fingerprint density at radius 2 is 1.93 bits per heavy atom. The molecular formula is C23H21ClN2O. The SMILES string of the molecule is CCCC1Oc2ccc(Cl)cc2C2CC(c3ccc4ccccc4c3)=NN12. The van der Waals surface area contributed by atoms with Gasteiger partial charge in [0.05, 0.1) is 11.8 Å². The monoisotopic (exact) mass is 376 g/mol. The summed E-state index contributed by atoms with van der Waals surface area (Å²) in [5.41, 5.74) is 3.43. The summed E-state index contributed by atoms with van der Waals surface area (Å²) in [4.78, 5) is 0. The van der Waals surface area contributed by atoms with Crippen molar-refractivity contribution in [3.05, 3.63) is 76.8 Å². The lowest BCUT2D eigenvalue weighted by Gasteiger charge is -2.38. The van der Waals surface area contributed by atoms with Crippen LogP contribution in [0.25, 0.3) is 10.8 Å². The van der Waals surface area contributed by atoms with Gasteiger partial charge in [0, 0.05) is 23.4 Å². The van der Waals surface area contributed by atoms with Gasteiger partial charge in [0.1, 0.15) is 5.75 Å². The molecule has 136 valence electrons. The van der Waals surface area contributed by atoms with Crippen LogP contribution < -0.4 is 4.74 Å². The molecule has 2 atom stereocenters. The summed E-state index contributed by atoms with van der Waals surface area (Å²) in [5.74, 6) is 0.939. The smallest absolute Gasteiger partial charge is 0.187 e. The zero-order valence-corrected chi connectivity index (χ0v) is 16.0. The third kappa shape index (κ3) is 2.87. The number of hydrogen-bond acceptors (Lipinski definition) is 3. The summed E-state index contributed by atoms with van der Waals surface area (Å²) >= 11 is 6.27. The fraction of sp³-hybridized carbons (Fsp3) is 0.261. The third-order valence-corrected chi connectivity index (χ3v) is 5.68. The van der Waals surface area contributed by atoms with Crippen LogP contribution in [-0.4, -0.2) is 16.9 Å². The third-order valence-electron chi connectivity index (χ3n) is 5.45. The number of rotatable bonds is 3. The first-order valence-electron chi connectivity index (χ1n) is 9.54. The zero-order chi connectivity index (χ0) is 18.4. The van der Waals surface area contributed by atoms with Crippen LogP contribution in [0.15, 0.2) is 65.8 Å². The Bertz CT molecular complexity index is 1050. The normalized spacial score (nSPS) is 20.8. The van der Waals surface area contributed by atoms with Crippen LogP contribution in [0.5, 0.6) is 5.75 Å². The molecule has 3 aromatic carbocycles. The molecule has 0 amide bonds. The summed E-state index contributed by atoms with van der Waals surface area (Å²) in [6.07, 6.45) is 2.85. The van der Waals surface area contributed by atoms with Gasteiger partial charge in [-0.2, -0.15) is 5.10 Å². The standard InChI is InChI=1S/C23H21ClN2O/c1-2-5-23-26-21(19-13-18(24)10-11-22(19)27-23)14-20(25-26)17-9-8-15-6-3-4-7-16(15)12-17/h3-4,6-13,21,23H,2,5,14H2,1H3. The molecule has 0 spiro atoms. The minimum Gasteiger partial charge on any atom is -0.469 e. The topological polar surface area (TPSA) is 24.8 Å². The van der Waals surface area contributed by atoms with Crippen molar-refractivity contribution in [2.45, 2.75) is 38.5 Å². The van der Waals surface area contributed by atoms with E-state index in [1.165, 1.54) is 16.3 Å². The maximum absolute atomic E-state index is 6.27. The second kappa shape index (κ2) is 6.58. The van der Waals surface area contributed by atoms with Gasteiger partial charge in [-0.3, -0.25) is 5.01 Å². The molecule has 0 N–H and O–H groups in total. The van der Waals surface area contributed by atoms with Gasteiger partial charge in [-0.15, -0.1) is 0 Å². The molecule has 3 nitrogen and oxygen atoms in total. The van der Waals surface area contributed by atoms with Gasteiger partial charge in [0.25, 0.3) is 0 Å². The Morgan fingerprint density at radius 3 is 2.78 bits per heavy atom. The average Bonchev–Trinajstić information content (AvgIpc) is 3.14. The second-order valence-electron chi connectivity index (χ2n) is 7.25. The second-order valence-corrected chi connectivity index (χ2v) is 7.69. The minimum atomic E-state index is -0.0216. The van der Waals surface area contributed by atoms with Crippen LogP contribution in [0, 0.1) is 0 Å². The van der Waals surface area contributed by atoms with E-state index in [0.29, 0.717) is 0 Å². The first kappa shape index (κ1) is 16.6. The molecule has 5 rings (SSSR count). The predicted molar refractivity (Wildman–Crippen MR) is 110 cm³/mol. The van der Waals surface area contributed by atoms with Gasteiger partial charge in [-0.1, -0.05) is 61.3 Å². The van der Waals surface area contributed by atoms with Crippen LogP contribution in [-0.2, 0) is 0 Å². The molecule has 0 aromatic heterocycles. The Morgan fingerprint density at radius 1 is 1.07 bits per heavy atom. The number of hydrogen-bond donors (Lipinski definition) is 0. The fourth-order valence-corrected chi connectivity index (χ4v) is 4.29. The van der Waals surface area contributed by atoms with Crippen LogP contribution in [0.3, 0.4) is 0 Å². The Kier molecular flexibility index (Phi) is 4.05. The van der Waals surface area contributed by atoms with E-state index in [0.717, 1.165) is 41.3 Å². The van der Waals surface area contributed by atoms with Gasteiger partial charge < -0.3 is 4.74 Å². The molecule has 0 fully saturated rings. The van der Waals surface area contributed by atoms with Gasteiger partial charge >= 0.3 is 0 Å². The van der Waals surface area contributed by atoms with Gasteiger partial charge in [0.15, 0.2) is 6.23 Å². The van der Waals surface area contributed by atoms with E-state index in [1.54, 1.807) is 0 Å². The molecule has 4 heteroatoms. The summed E-state index contributed by atoms with van der Waals surface area (Å²) in [6, 6.07) is 21.1. The number of ether oxygens (including phenoxy) is 1. The maximum Gasteiger partial charge on any atom is 0.187 e. The van der Waals surface area contributed by atoms with Crippen LogP contribution in [0.4, 0.5) is 0 Å². The van der Waals surface area contributed by atoms with Crippen molar-refractivity contribution in [3.8, 4) is 5.75 Å². The van der Waals surface area contributed by atoms with Crippen molar-refractivity contribution in [1.29, 1.82) is 0 Å². The molecule has 2 aliphatic heterocycles. The van der Waals surface area contributed by atoms with Gasteiger partial charge in [-0.05, 0) is 40.6 Å². The number of hydrazone groups is 1. The van der Waals surface area contributed by atoms with E-state index in [-0.39, 0.29) is 12.3 Å². The molecule has 27 heavy (non-hydrogen) atoms. The Balaban J connectivity index is 1.55. The van der Waals surface area contributed by atoms with Crippen LogP contribution >= 0.6 is 11.6 Å². The lowest BCUT2D eigenvalue weighted by atomic mass is 9.95. The van der Waals surface area contributed by atoms with Crippen molar-refractivity contribution in [1.82, 2.24) is 5.01 Å². The largest absolute Gasteiger partial charge is 0.469 e. The lowest BCUT2D eigenvalue weighted by Crippen LogP contribution is -2.40. The highest BCUT2D eigenvalue weighted by atomic mass is 35.5. The molecule has 0 saturated heterocycles. The van der Waals surface area contributed by atoms with Crippen molar-refractivity contribution in [2.24, 2.45) is 5.10 Å². The highest BCUT2D eigenvalue weighted by molar-refractivity contribution is 6.30. The first-order valence-corrected chi connectivity index (χ1v) is 9.92. The lowest BCUT2D eigenvalue weighted by molar-refractivity contribution is -0.0223. The van der Waals surface area contributed by atoms with E-state index in [1.807, 2.05) is 18.2 Å². The maximum atomic E-state index is 6.27. The Hall–Kier alpha value is -2.52. The van der Waals surface area contributed by atoms with E-state index in [9.17, 15) is 0 Å². The van der Waals surface area contributed by atoms with Crippen molar-refractivity contribution < 1.29 is 4.74 Å². The number of nitrogens with zero attached hydrogens (tertiary/aromatic N) is 2. The van der Waals surface area contributed by atoms with Crippen molar-refractivity contribution >= 4 is 28.1 Å². The average molecular weight is 377 g/mol. The molecule has 2 unspecified atom stereocenters. The van der Waals surface area contributed by atoms with E-state index in [4.69, 9.17) is 21.4 Å². The summed E-state index contributed by atoms with van der Waals surface area (Å²) in [5, 5.41) is 10.4. The molecular weight excluding hydrogens is 356 g/mol. The molecule has 0 saturated carbocycles. The molecule has 2 heterocycles. The van der Waals surface area contributed by atoms with Gasteiger partial charge in [0.2, 0.25) is 0 Å². The van der Waals surface area contributed by atoms with E-state index >= 15 is 0 Å². The summed E-state index contributed by atoms with van der Waals surface area (Å²) in [7, 11) is 0. The van der Waals surface area contributed by atoms with Gasteiger partial charge in [-0.25, -0.2) is 0 Å². The highest BCUT2D eigenvalue weighted by Crippen LogP contribution is 2.44. The number of benzene rings is 3. The number of halogens is 1. The quantitative estimate of drug-likeness (QED) is 0.546.